The molecule has 1 aliphatic rings. The largest absolute Gasteiger partial charge is 0.385 e. The van der Waals surface area contributed by atoms with E-state index in [2.05, 4.69) is 18.7 Å². The molecule has 1 rings (SSSR count). The van der Waals surface area contributed by atoms with Crippen LogP contribution in [0.5, 0.6) is 0 Å². The number of hydrogen-bond acceptors (Lipinski definition) is 4. The Hall–Kier alpha value is -0.160. The summed E-state index contributed by atoms with van der Waals surface area (Å²) < 4.78 is 10.9. The second kappa shape index (κ2) is 7.31. The first-order valence-corrected chi connectivity index (χ1v) is 6.72. The second-order valence-electron chi connectivity index (χ2n) is 5.12. The van der Waals surface area contributed by atoms with Crippen molar-refractivity contribution in [3.63, 3.8) is 0 Å². The molecule has 0 aromatic heterocycles. The Balaban J connectivity index is 2.54. The molecule has 1 aliphatic heterocycles. The lowest BCUT2D eigenvalue weighted by molar-refractivity contribution is 0.0172. The molecule has 0 bridgehead atoms. The van der Waals surface area contributed by atoms with Gasteiger partial charge in [0.1, 0.15) is 0 Å². The summed E-state index contributed by atoms with van der Waals surface area (Å²) >= 11 is 0. The molecule has 1 fully saturated rings. The minimum absolute atomic E-state index is 0.0245. The maximum atomic E-state index is 5.96. The summed E-state index contributed by atoms with van der Waals surface area (Å²) in [6.45, 7) is 8.76. The van der Waals surface area contributed by atoms with Gasteiger partial charge in [-0.05, 0) is 32.7 Å². The molecule has 0 saturated carbocycles. The molecule has 2 atom stereocenters. The van der Waals surface area contributed by atoms with Crippen LogP contribution in [0.4, 0.5) is 0 Å². The lowest BCUT2D eigenvalue weighted by Crippen LogP contribution is -2.54. The summed E-state index contributed by atoms with van der Waals surface area (Å²) in [5.41, 5.74) is 5.99. The van der Waals surface area contributed by atoms with Crippen LogP contribution >= 0.6 is 0 Å². The van der Waals surface area contributed by atoms with Crippen LogP contribution in [0.1, 0.15) is 33.1 Å². The van der Waals surface area contributed by atoms with Crippen LogP contribution in [0.3, 0.4) is 0 Å². The van der Waals surface area contributed by atoms with Crippen molar-refractivity contribution in [3.8, 4) is 0 Å². The monoisotopic (exact) mass is 244 g/mol. The Bertz CT molecular complexity index is 208. The molecule has 2 unspecified atom stereocenters. The Morgan fingerprint density at radius 3 is 2.76 bits per heavy atom. The third-order valence-electron chi connectivity index (χ3n) is 3.88. The van der Waals surface area contributed by atoms with Crippen molar-refractivity contribution in [1.82, 2.24) is 4.90 Å². The summed E-state index contributed by atoms with van der Waals surface area (Å²) in [5, 5.41) is 0. The van der Waals surface area contributed by atoms with Crippen LogP contribution in [0.15, 0.2) is 0 Å². The van der Waals surface area contributed by atoms with E-state index in [-0.39, 0.29) is 5.54 Å². The highest BCUT2D eigenvalue weighted by atomic mass is 16.5. The maximum absolute atomic E-state index is 5.96. The Morgan fingerprint density at radius 2 is 2.29 bits per heavy atom. The lowest BCUT2D eigenvalue weighted by Gasteiger charge is -2.41. The third-order valence-corrected chi connectivity index (χ3v) is 3.88. The van der Waals surface area contributed by atoms with Crippen LogP contribution in [-0.4, -0.2) is 56.5 Å². The number of hydrogen-bond donors (Lipinski definition) is 1. The molecule has 0 aromatic carbocycles. The number of nitrogens with zero attached hydrogens (tertiary/aromatic N) is 1. The van der Waals surface area contributed by atoms with E-state index in [0.717, 1.165) is 32.7 Å². The van der Waals surface area contributed by atoms with E-state index >= 15 is 0 Å². The smallest absolute Gasteiger partial charge is 0.0703 e. The number of ether oxygens (including phenoxy) is 2. The van der Waals surface area contributed by atoms with E-state index in [1.54, 1.807) is 7.11 Å². The van der Waals surface area contributed by atoms with Gasteiger partial charge in [0.15, 0.2) is 0 Å². The van der Waals surface area contributed by atoms with Gasteiger partial charge in [-0.2, -0.15) is 0 Å². The van der Waals surface area contributed by atoms with Gasteiger partial charge >= 0.3 is 0 Å². The van der Waals surface area contributed by atoms with E-state index in [9.17, 15) is 0 Å². The van der Waals surface area contributed by atoms with Crippen molar-refractivity contribution >= 4 is 0 Å². The van der Waals surface area contributed by atoms with E-state index < -0.39 is 0 Å². The molecular weight excluding hydrogens is 216 g/mol. The van der Waals surface area contributed by atoms with Crippen molar-refractivity contribution < 1.29 is 9.47 Å². The molecule has 2 N–H and O–H groups in total. The number of nitrogens with two attached hydrogens (primary N) is 1. The van der Waals surface area contributed by atoms with Crippen molar-refractivity contribution in [3.05, 3.63) is 0 Å². The lowest BCUT2D eigenvalue weighted by atomic mass is 9.95. The van der Waals surface area contributed by atoms with Gasteiger partial charge in [-0.3, -0.25) is 4.90 Å². The fraction of sp³-hybridized carbons (Fsp3) is 1.00. The molecule has 0 radical (unpaired) electrons. The van der Waals surface area contributed by atoms with Gasteiger partial charge in [0, 0.05) is 39.0 Å². The first kappa shape index (κ1) is 14.9. The molecule has 4 heteroatoms. The highest BCUT2D eigenvalue weighted by Gasteiger charge is 2.31. The zero-order chi connectivity index (χ0) is 12.7. The van der Waals surface area contributed by atoms with Crippen molar-refractivity contribution in [2.45, 2.75) is 44.8 Å². The predicted molar refractivity (Wildman–Crippen MR) is 70.2 cm³/mol. The van der Waals surface area contributed by atoms with E-state index in [4.69, 9.17) is 15.2 Å². The van der Waals surface area contributed by atoms with Crippen LogP contribution in [0.25, 0.3) is 0 Å². The quantitative estimate of drug-likeness (QED) is 0.698. The molecule has 0 aromatic rings. The van der Waals surface area contributed by atoms with Crippen molar-refractivity contribution in [2.75, 3.05) is 40.0 Å². The first-order chi connectivity index (χ1) is 8.16. The van der Waals surface area contributed by atoms with E-state index in [1.807, 2.05) is 0 Å². The van der Waals surface area contributed by atoms with Gasteiger partial charge < -0.3 is 15.2 Å². The molecule has 102 valence electrons. The maximum Gasteiger partial charge on any atom is 0.0703 e. The summed E-state index contributed by atoms with van der Waals surface area (Å²) in [4.78, 5) is 2.45. The van der Waals surface area contributed by atoms with Gasteiger partial charge in [0.2, 0.25) is 0 Å². The second-order valence-corrected chi connectivity index (χ2v) is 5.12. The van der Waals surface area contributed by atoms with Crippen LogP contribution in [0, 0.1) is 0 Å². The molecular formula is C13H28N2O2. The number of rotatable bonds is 8. The van der Waals surface area contributed by atoms with Crippen LogP contribution in [-0.2, 0) is 9.47 Å². The van der Waals surface area contributed by atoms with Crippen LogP contribution in [0.2, 0.25) is 0 Å². The molecule has 0 spiro atoms. The van der Waals surface area contributed by atoms with Gasteiger partial charge in [-0.15, -0.1) is 0 Å². The summed E-state index contributed by atoms with van der Waals surface area (Å²) in [6, 6.07) is 0. The van der Waals surface area contributed by atoms with Gasteiger partial charge in [-0.25, -0.2) is 0 Å². The summed E-state index contributed by atoms with van der Waals surface area (Å²) in [5.74, 6) is 0. The SMILES string of the molecule is CCN(CC1CCCO1)C(C)(CN)CCOC. The minimum atomic E-state index is 0.0245. The molecule has 0 amide bonds. The van der Waals surface area contributed by atoms with Crippen molar-refractivity contribution in [1.29, 1.82) is 0 Å². The third kappa shape index (κ3) is 4.21. The minimum Gasteiger partial charge on any atom is -0.385 e. The number of likely N-dealkylation sites (N-methyl/N-ethyl adjacent to an activating group) is 1. The molecule has 17 heavy (non-hydrogen) atoms. The predicted octanol–water partition coefficient (Wildman–Crippen LogP) is 1.24. The highest BCUT2D eigenvalue weighted by molar-refractivity contribution is 4.88. The summed E-state index contributed by atoms with van der Waals surface area (Å²) in [7, 11) is 1.74. The van der Waals surface area contributed by atoms with Crippen molar-refractivity contribution in [2.24, 2.45) is 5.73 Å². The molecule has 4 nitrogen and oxygen atoms in total. The fourth-order valence-corrected chi connectivity index (χ4v) is 2.48. The zero-order valence-corrected chi connectivity index (χ0v) is 11.6. The average molecular weight is 244 g/mol. The van der Waals surface area contributed by atoms with Gasteiger partial charge in [0.25, 0.3) is 0 Å². The molecule has 1 saturated heterocycles. The standard InChI is InChI=1S/C13H28N2O2/c1-4-15(10-12-6-5-8-17-12)13(2,11-14)7-9-16-3/h12H,4-11,14H2,1-3H3. The fourth-order valence-electron chi connectivity index (χ4n) is 2.48. The zero-order valence-electron chi connectivity index (χ0n) is 11.6. The van der Waals surface area contributed by atoms with E-state index in [0.29, 0.717) is 12.6 Å². The van der Waals surface area contributed by atoms with Crippen LogP contribution < -0.4 is 5.73 Å². The topological polar surface area (TPSA) is 47.7 Å². The Labute approximate surface area is 105 Å². The van der Waals surface area contributed by atoms with Gasteiger partial charge in [-0.1, -0.05) is 6.92 Å². The Kier molecular flexibility index (Phi) is 6.41. The first-order valence-electron chi connectivity index (χ1n) is 6.72. The summed E-state index contributed by atoms with van der Waals surface area (Å²) in [6.07, 6.45) is 3.74. The number of methoxy groups -OCH3 is 1. The Morgan fingerprint density at radius 1 is 1.53 bits per heavy atom. The highest BCUT2D eigenvalue weighted by Crippen LogP contribution is 2.22. The normalized spacial score (nSPS) is 24.2. The molecule has 0 aliphatic carbocycles. The van der Waals surface area contributed by atoms with E-state index in [1.165, 1.54) is 12.8 Å². The molecule has 1 heterocycles. The average Bonchev–Trinajstić information content (AvgIpc) is 2.86. The van der Waals surface area contributed by atoms with Gasteiger partial charge in [0.05, 0.1) is 6.10 Å².